The number of guanidine groups is 1. The molecule has 0 fully saturated rings. The Labute approximate surface area is 444 Å². The number of rotatable bonds is 48. The van der Waals surface area contributed by atoms with Crippen LogP contribution in [-0.2, 0) is 24.0 Å². The molecule has 11 N–H and O–H groups in total. The van der Waals surface area contributed by atoms with Crippen LogP contribution in [0.2, 0.25) is 0 Å². The van der Waals surface area contributed by atoms with Crippen LogP contribution in [-0.4, -0.2) is 103 Å². The topological polar surface area (TPSA) is 247 Å². The summed E-state index contributed by atoms with van der Waals surface area (Å²) in [6.07, 6.45) is 37.3. The van der Waals surface area contributed by atoms with E-state index in [-0.39, 0.29) is 61.4 Å². The summed E-state index contributed by atoms with van der Waals surface area (Å²) in [7, 11) is 0. The number of amides is 4. The van der Waals surface area contributed by atoms with E-state index in [2.05, 4.69) is 45.0 Å². The van der Waals surface area contributed by atoms with E-state index in [1.165, 1.54) is 167 Å². The first-order chi connectivity index (χ1) is 32.3. The lowest BCUT2D eigenvalue weighted by Crippen LogP contribution is -2.56. The number of aliphatic carboxylic acids is 1. The highest BCUT2D eigenvalue weighted by molar-refractivity contribution is 5.95. The van der Waals surface area contributed by atoms with Crippen molar-refractivity contribution in [2.45, 2.75) is 251 Å². The van der Waals surface area contributed by atoms with Crippen LogP contribution in [0.5, 0.6) is 0 Å². The second kappa shape index (κ2) is 52.7. The standard InChI is InChI=1S/C52H103N9O6.3ClH/c1-5-7-9-11-13-15-17-19-21-23-25-27-29-31-37-61(38-32-30-28-26-24-22-20-18-16-14-12-10-8-6-2)39-36-56-50(66)45(40-43(3)4)60-51(67)46(41-48(63)64)59-47(62)42-58-49(65)44(53)34-33-35-57-52(54)55;;;/h43-46H,5-42,53H2,1-4H3,(H,56,66)(H,58,65)(H,59,62)(H,60,67)(H,63,64)(H4,54,55,57);3*1H/t44-,45-,46-;;;/m0.../s1. The summed E-state index contributed by atoms with van der Waals surface area (Å²) >= 11 is 0. The van der Waals surface area contributed by atoms with Crippen LogP contribution in [0.3, 0.4) is 0 Å². The average Bonchev–Trinajstić information content (AvgIpc) is 3.28. The third-order valence-corrected chi connectivity index (χ3v) is 12.5. The van der Waals surface area contributed by atoms with Crippen LogP contribution >= 0.6 is 37.2 Å². The summed E-state index contributed by atoms with van der Waals surface area (Å²) in [4.78, 5) is 70.3. The summed E-state index contributed by atoms with van der Waals surface area (Å²) in [6.45, 7) is 11.3. The van der Waals surface area contributed by atoms with Crippen molar-refractivity contribution in [3.05, 3.63) is 0 Å². The van der Waals surface area contributed by atoms with Gasteiger partial charge in [-0.05, 0) is 51.1 Å². The molecular formula is C52H106Cl3N9O6. The van der Waals surface area contributed by atoms with Gasteiger partial charge in [0.2, 0.25) is 23.6 Å². The fourth-order valence-electron chi connectivity index (χ4n) is 8.41. The number of carboxylic acids is 1. The van der Waals surface area contributed by atoms with E-state index in [4.69, 9.17) is 17.2 Å². The molecule has 0 aliphatic carbocycles. The van der Waals surface area contributed by atoms with Crippen LogP contribution in [0.4, 0.5) is 0 Å². The molecule has 0 unspecified atom stereocenters. The lowest BCUT2D eigenvalue weighted by atomic mass is 10.0. The normalized spacial score (nSPS) is 12.2. The first-order valence-corrected chi connectivity index (χ1v) is 27.2. The molecule has 4 amide bonds. The SMILES string of the molecule is CCCCCCCCCCCCCCCCN(CCCCCCCCCCCCCCCC)CCNC(=O)[C@H](CC(C)C)NC(=O)[C@H](CC(=O)O)NC(=O)CNC(=O)[C@@H](N)CCCN=C(N)N.Cl.Cl.Cl. The smallest absolute Gasteiger partial charge is 0.305 e. The van der Waals surface area contributed by atoms with Crippen molar-refractivity contribution < 1.29 is 29.1 Å². The maximum absolute atomic E-state index is 13.6. The van der Waals surface area contributed by atoms with Gasteiger partial charge in [0.05, 0.1) is 19.0 Å². The predicted molar refractivity (Wildman–Crippen MR) is 298 cm³/mol. The van der Waals surface area contributed by atoms with Gasteiger partial charge < -0.3 is 48.5 Å². The molecular weight excluding hydrogens is 953 g/mol. The Morgan fingerprint density at radius 1 is 0.529 bits per heavy atom. The number of halogens is 3. The zero-order valence-corrected chi connectivity index (χ0v) is 47.0. The number of aliphatic imine (C=N–C) groups is 1. The number of carboxylic acid groups (broad SMARTS) is 1. The minimum absolute atomic E-state index is 0. The first kappa shape index (κ1) is 73.9. The second-order valence-corrected chi connectivity index (χ2v) is 19.5. The van der Waals surface area contributed by atoms with E-state index in [1.807, 2.05) is 13.8 Å². The Hall–Kier alpha value is -2.59. The fraction of sp³-hybridized carbons (Fsp3) is 0.885. The third kappa shape index (κ3) is 47.7. The zero-order chi connectivity index (χ0) is 49.8. The second-order valence-electron chi connectivity index (χ2n) is 19.5. The molecule has 0 aliphatic rings. The molecule has 0 aromatic heterocycles. The highest BCUT2D eigenvalue weighted by atomic mass is 35.5. The third-order valence-electron chi connectivity index (χ3n) is 12.5. The van der Waals surface area contributed by atoms with Gasteiger partial charge in [0.25, 0.3) is 0 Å². The molecule has 0 radical (unpaired) electrons. The van der Waals surface area contributed by atoms with E-state index < -0.39 is 54.8 Å². The van der Waals surface area contributed by atoms with Crippen LogP contribution in [0.1, 0.15) is 233 Å². The Balaban J connectivity index is -0.00000726. The molecule has 0 rings (SSSR count). The van der Waals surface area contributed by atoms with E-state index in [0.29, 0.717) is 32.5 Å². The predicted octanol–water partition coefficient (Wildman–Crippen LogP) is 9.62. The number of carbonyl (C=O) groups is 5. The number of nitrogens with zero attached hydrogens (tertiary/aromatic N) is 2. The molecule has 0 heterocycles. The van der Waals surface area contributed by atoms with Crippen LogP contribution < -0.4 is 38.5 Å². The van der Waals surface area contributed by atoms with Gasteiger partial charge >= 0.3 is 5.97 Å². The molecule has 0 spiro atoms. The van der Waals surface area contributed by atoms with Crippen LogP contribution in [0.15, 0.2) is 4.99 Å². The van der Waals surface area contributed by atoms with E-state index in [9.17, 15) is 29.1 Å². The molecule has 0 aliphatic heterocycles. The van der Waals surface area contributed by atoms with Gasteiger partial charge in [-0.25, -0.2) is 0 Å². The van der Waals surface area contributed by atoms with Gasteiger partial charge in [-0.15, -0.1) is 37.2 Å². The Kier molecular flexibility index (Phi) is 55.7. The van der Waals surface area contributed by atoms with Crippen molar-refractivity contribution in [2.24, 2.45) is 28.1 Å². The molecule has 70 heavy (non-hydrogen) atoms. The maximum atomic E-state index is 13.6. The van der Waals surface area contributed by atoms with Crippen molar-refractivity contribution in [1.82, 2.24) is 26.2 Å². The van der Waals surface area contributed by atoms with Gasteiger partial charge in [0.15, 0.2) is 5.96 Å². The van der Waals surface area contributed by atoms with E-state index in [0.717, 1.165) is 25.9 Å². The maximum Gasteiger partial charge on any atom is 0.305 e. The molecule has 0 aromatic carbocycles. The van der Waals surface area contributed by atoms with Gasteiger partial charge in [0.1, 0.15) is 12.1 Å². The molecule has 3 atom stereocenters. The molecule has 18 heteroatoms. The molecule has 0 bridgehead atoms. The first-order valence-electron chi connectivity index (χ1n) is 27.2. The summed E-state index contributed by atoms with van der Waals surface area (Å²) in [5, 5.41) is 20.1. The monoisotopic (exact) mass is 1060 g/mol. The fourth-order valence-corrected chi connectivity index (χ4v) is 8.41. The largest absolute Gasteiger partial charge is 0.481 e. The van der Waals surface area contributed by atoms with Gasteiger partial charge in [-0.3, -0.25) is 29.0 Å². The Bertz CT molecular complexity index is 1270. The summed E-state index contributed by atoms with van der Waals surface area (Å²) < 4.78 is 0. The van der Waals surface area contributed by atoms with Crippen LogP contribution in [0, 0.1) is 5.92 Å². The van der Waals surface area contributed by atoms with Crippen molar-refractivity contribution >= 4 is 72.8 Å². The van der Waals surface area contributed by atoms with E-state index in [1.54, 1.807) is 0 Å². The molecule has 0 aromatic rings. The van der Waals surface area contributed by atoms with Gasteiger partial charge in [-0.1, -0.05) is 195 Å². The molecule has 0 saturated heterocycles. The minimum atomic E-state index is -1.47. The minimum Gasteiger partial charge on any atom is -0.481 e. The average molecular weight is 1060 g/mol. The summed E-state index contributed by atoms with van der Waals surface area (Å²) in [5.41, 5.74) is 16.5. The van der Waals surface area contributed by atoms with Gasteiger partial charge in [-0.2, -0.15) is 0 Å². The Morgan fingerprint density at radius 3 is 1.33 bits per heavy atom. The van der Waals surface area contributed by atoms with Crippen molar-refractivity contribution in [3.63, 3.8) is 0 Å². The number of unbranched alkanes of at least 4 members (excludes halogenated alkanes) is 26. The zero-order valence-electron chi connectivity index (χ0n) is 44.5. The quantitative estimate of drug-likeness (QED) is 0.0163. The van der Waals surface area contributed by atoms with Crippen molar-refractivity contribution in [3.8, 4) is 0 Å². The lowest BCUT2D eigenvalue weighted by Gasteiger charge is -2.25. The van der Waals surface area contributed by atoms with Crippen LogP contribution in [0.25, 0.3) is 0 Å². The molecule has 416 valence electrons. The number of hydrogen-bond acceptors (Lipinski definition) is 8. The highest BCUT2D eigenvalue weighted by Gasteiger charge is 2.29. The summed E-state index contributed by atoms with van der Waals surface area (Å²) in [5.74, 6) is -3.85. The number of nitrogens with two attached hydrogens (primary N) is 3. The number of carbonyl (C=O) groups excluding carboxylic acids is 4. The number of nitrogens with one attached hydrogen (secondary N) is 4. The lowest BCUT2D eigenvalue weighted by molar-refractivity contribution is -0.141. The van der Waals surface area contributed by atoms with Crippen molar-refractivity contribution in [1.29, 1.82) is 0 Å². The summed E-state index contributed by atoms with van der Waals surface area (Å²) in [6, 6.07) is -3.32. The molecule has 15 nitrogen and oxygen atoms in total. The molecule has 0 saturated carbocycles. The van der Waals surface area contributed by atoms with E-state index >= 15 is 0 Å². The highest BCUT2D eigenvalue weighted by Crippen LogP contribution is 2.15. The Morgan fingerprint density at radius 2 is 0.943 bits per heavy atom. The number of hydrogen-bond donors (Lipinski definition) is 8. The van der Waals surface area contributed by atoms with Gasteiger partial charge in [0, 0.05) is 19.6 Å². The van der Waals surface area contributed by atoms with Crippen molar-refractivity contribution in [2.75, 3.05) is 39.3 Å².